The van der Waals surface area contributed by atoms with E-state index in [2.05, 4.69) is 31.3 Å². The first-order valence-electron chi connectivity index (χ1n) is 9.48. The molecule has 0 unspecified atom stereocenters. The average Bonchev–Trinajstić information content (AvgIpc) is 2.96. The molecule has 0 atom stereocenters. The molecule has 0 amide bonds. The zero-order valence-electron chi connectivity index (χ0n) is 17.9. The van der Waals surface area contributed by atoms with Crippen molar-refractivity contribution in [2.75, 3.05) is 34.4 Å². The summed E-state index contributed by atoms with van der Waals surface area (Å²) >= 11 is 1.23. The number of fused-ring (bicyclic) bond motifs is 1. The van der Waals surface area contributed by atoms with Gasteiger partial charge in [0.25, 0.3) is 0 Å². The van der Waals surface area contributed by atoms with E-state index in [0.29, 0.717) is 0 Å². The van der Waals surface area contributed by atoms with Crippen molar-refractivity contribution >= 4 is 29.1 Å². The number of benzene rings is 1. The van der Waals surface area contributed by atoms with Crippen LogP contribution in [0.25, 0.3) is 10.9 Å². The fourth-order valence-corrected chi connectivity index (χ4v) is 3.50. The molecule has 0 N–H and O–H groups in total. The molecular formula is C21H32N2O4S. The molecule has 0 fully saturated rings. The third-order valence-electron chi connectivity index (χ3n) is 4.34. The molecule has 0 saturated heterocycles. The third-order valence-corrected chi connectivity index (χ3v) is 5.02. The van der Waals surface area contributed by atoms with E-state index in [-0.39, 0.29) is 18.7 Å². The summed E-state index contributed by atoms with van der Waals surface area (Å²) in [5, 5.41) is 1.18. The van der Waals surface area contributed by atoms with Crippen LogP contribution < -0.4 is 4.74 Å². The van der Waals surface area contributed by atoms with Crippen LogP contribution in [-0.4, -0.2) is 55.3 Å². The van der Waals surface area contributed by atoms with E-state index in [0.717, 1.165) is 24.2 Å². The summed E-state index contributed by atoms with van der Waals surface area (Å²) in [4.78, 5) is 14.4. The number of nitrogens with zero attached hydrogens (tertiary/aromatic N) is 2. The van der Waals surface area contributed by atoms with Crippen LogP contribution in [0, 0.1) is 5.41 Å². The highest BCUT2D eigenvalue weighted by molar-refractivity contribution is 7.93. The van der Waals surface area contributed by atoms with Crippen LogP contribution >= 0.6 is 12.2 Å². The number of methoxy groups -OCH3 is 1. The predicted molar refractivity (Wildman–Crippen MR) is 115 cm³/mol. The number of hydrogen-bond acceptors (Lipinski definition) is 6. The summed E-state index contributed by atoms with van der Waals surface area (Å²) in [6.07, 6.45) is 2.90. The molecule has 0 radical (unpaired) electrons. The van der Waals surface area contributed by atoms with Crippen molar-refractivity contribution in [3.8, 4) is 5.75 Å². The van der Waals surface area contributed by atoms with Gasteiger partial charge in [0.15, 0.2) is 0 Å². The smallest absolute Gasteiger partial charge is 0.314 e. The minimum atomic E-state index is -0.717. The second-order valence-corrected chi connectivity index (χ2v) is 8.87. The van der Waals surface area contributed by atoms with E-state index in [1.807, 2.05) is 43.8 Å². The number of aromatic nitrogens is 1. The summed E-state index contributed by atoms with van der Waals surface area (Å²) in [5.74, 6) is 0.543. The maximum absolute atomic E-state index is 12.2. The van der Waals surface area contributed by atoms with Gasteiger partial charge in [0.05, 0.1) is 30.8 Å². The van der Waals surface area contributed by atoms with E-state index in [1.165, 1.54) is 23.2 Å². The molecule has 1 aromatic carbocycles. The third kappa shape index (κ3) is 5.90. The molecular weight excluding hydrogens is 376 g/mol. The fourth-order valence-electron chi connectivity index (χ4n) is 2.64. The SMILES string of the molecule is COc1ccc2c(CCN(C)C)cn(SOCC(C)(C)C(=O)OC(C)C)c2c1. The van der Waals surface area contributed by atoms with Gasteiger partial charge in [0.2, 0.25) is 0 Å². The van der Waals surface area contributed by atoms with Gasteiger partial charge < -0.3 is 14.4 Å². The van der Waals surface area contributed by atoms with Gasteiger partial charge in [0, 0.05) is 24.2 Å². The molecule has 28 heavy (non-hydrogen) atoms. The predicted octanol–water partition coefficient (Wildman–Crippen LogP) is 4.16. The van der Waals surface area contributed by atoms with Crippen molar-refractivity contribution in [3.63, 3.8) is 0 Å². The lowest BCUT2D eigenvalue weighted by molar-refractivity contribution is -0.159. The Morgan fingerprint density at radius 3 is 2.61 bits per heavy atom. The molecule has 0 bridgehead atoms. The molecule has 2 aromatic rings. The normalized spacial score (nSPS) is 12.2. The van der Waals surface area contributed by atoms with Gasteiger partial charge in [-0.1, -0.05) is 0 Å². The zero-order valence-corrected chi connectivity index (χ0v) is 18.8. The van der Waals surface area contributed by atoms with E-state index in [1.54, 1.807) is 7.11 Å². The van der Waals surface area contributed by atoms with Crippen LogP contribution in [0.3, 0.4) is 0 Å². The van der Waals surface area contributed by atoms with Gasteiger partial charge >= 0.3 is 5.97 Å². The van der Waals surface area contributed by atoms with E-state index < -0.39 is 5.41 Å². The largest absolute Gasteiger partial charge is 0.497 e. The highest BCUT2D eigenvalue weighted by atomic mass is 32.2. The monoisotopic (exact) mass is 408 g/mol. The summed E-state index contributed by atoms with van der Waals surface area (Å²) in [6.45, 7) is 8.57. The Labute approximate surface area is 172 Å². The first kappa shape index (κ1) is 22.6. The molecule has 0 spiro atoms. The number of hydrogen-bond donors (Lipinski definition) is 0. The van der Waals surface area contributed by atoms with Crippen LogP contribution in [0.1, 0.15) is 33.3 Å². The van der Waals surface area contributed by atoms with E-state index >= 15 is 0 Å². The Morgan fingerprint density at radius 1 is 1.29 bits per heavy atom. The van der Waals surface area contributed by atoms with Gasteiger partial charge in [-0.05, 0) is 65.9 Å². The molecule has 0 aliphatic rings. The first-order valence-corrected chi connectivity index (χ1v) is 10.2. The molecule has 0 saturated carbocycles. The molecule has 1 heterocycles. The molecule has 1 aromatic heterocycles. The molecule has 6 nitrogen and oxygen atoms in total. The highest BCUT2D eigenvalue weighted by Gasteiger charge is 2.31. The quantitative estimate of drug-likeness (QED) is 0.435. The van der Waals surface area contributed by atoms with Crippen molar-refractivity contribution < 1.29 is 18.5 Å². The number of esters is 1. The van der Waals surface area contributed by atoms with Crippen molar-refractivity contribution in [2.24, 2.45) is 5.41 Å². The van der Waals surface area contributed by atoms with Crippen LogP contribution in [0.4, 0.5) is 0 Å². The van der Waals surface area contributed by atoms with Crippen molar-refractivity contribution in [2.45, 2.75) is 40.2 Å². The summed E-state index contributed by atoms with van der Waals surface area (Å²) < 4.78 is 18.5. The number of carbonyl (C=O) groups excluding carboxylic acids is 1. The summed E-state index contributed by atoms with van der Waals surface area (Å²) in [7, 11) is 5.80. The maximum atomic E-state index is 12.2. The lowest BCUT2D eigenvalue weighted by Gasteiger charge is -2.23. The van der Waals surface area contributed by atoms with E-state index in [9.17, 15) is 4.79 Å². The minimum absolute atomic E-state index is 0.139. The zero-order chi connectivity index (χ0) is 20.9. The number of rotatable bonds is 10. The first-order chi connectivity index (χ1) is 13.1. The Bertz CT molecular complexity index is 799. The van der Waals surface area contributed by atoms with Crippen molar-refractivity contribution in [3.05, 3.63) is 30.0 Å². The molecule has 2 rings (SSSR count). The van der Waals surface area contributed by atoms with Crippen molar-refractivity contribution in [1.82, 2.24) is 8.87 Å². The molecule has 0 aliphatic heterocycles. The summed E-state index contributed by atoms with van der Waals surface area (Å²) in [6, 6.07) is 6.06. The maximum Gasteiger partial charge on any atom is 0.314 e. The van der Waals surface area contributed by atoms with Gasteiger partial charge in [-0.25, -0.2) is 0 Å². The van der Waals surface area contributed by atoms with Crippen LogP contribution in [-0.2, 0) is 20.1 Å². The van der Waals surface area contributed by atoms with Crippen LogP contribution in [0.5, 0.6) is 5.75 Å². The Morgan fingerprint density at radius 2 is 2.00 bits per heavy atom. The highest BCUT2D eigenvalue weighted by Crippen LogP contribution is 2.31. The Kier molecular flexibility index (Phi) is 7.80. The van der Waals surface area contributed by atoms with Gasteiger partial charge in [-0.15, -0.1) is 0 Å². The average molecular weight is 409 g/mol. The lowest BCUT2D eigenvalue weighted by atomic mass is 9.95. The lowest BCUT2D eigenvalue weighted by Crippen LogP contribution is -2.32. The van der Waals surface area contributed by atoms with Crippen LogP contribution in [0.15, 0.2) is 24.4 Å². The van der Waals surface area contributed by atoms with Gasteiger partial charge in [-0.2, -0.15) is 0 Å². The molecule has 0 aliphatic carbocycles. The van der Waals surface area contributed by atoms with Gasteiger partial charge in [-0.3, -0.25) is 13.0 Å². The van der Waals surface area contributed by atoms with Crippen molar-refractivity contribution in [1.29, 1.82) is 0 Å². The minimum Gasteiger partial charge on any atom is -0.497 e. The molecule has 156 valence electrons. The summed E-state index contributed by atoms with van der Waals surface area (Å²) in [5.41, 5.74) is 1.56. The standard InChI is InChI=1S/C21H32N2O4S/c1-15(2)27-20(24)21(3,4)14-26-28-23-13-16(10-11-22(5)6)18-9-8-17(25-7)12-19(18)23/h8-9,12-13,15H,10-11,14H2,1-7H3. The van der Waals surface area contributed by atoms with E-state index in [4.69, 9.17) is 13.7 Å². The Hall–Kier alpha value is -1.70. The number of carbonyl (C=O) groups is 1. The Balaban J connectivity index is 2.15. The topological polar surface area (TPSA) is 52.9 Å². The molecule has 7 heteroatoms. The second kappa shape index (κ2) is 9.67. The number of ether oxygens (including phenoxy) is 2. The second-order valence-electron chi connectivity index (χ2n) is 8.09. The van der Waals surface area contributed by atoms with Crippen LogP contribution in [0.2, 0.25) is 0 Å². The van der Waals surface area contributed by atoms with Gasteiger partial charge in [0.1, 0.15) is 18.0 Å². The fraction of sp³-hybridized carbons (Fsp3) is 0.571. The number of likely N-dealkylation sites (N-methyl/N-ethyl adjacent to an activating group) is 1.